The standard InChI is InChI=1S/C18H15NO2/c1-12(13-6-9-16(20)10-7-13)11-15-8-5-14-3-2-4-17(21)18(14)19-15/h2-11,20-21H,1H3/b12-11+. The Kier molecular flexibility index (Phi) is 3.32. The van der Waals surface area contributed by atoms with Gasteiger partial charge in [-0.05, 0) is 48.4 Å². The summed E-state index contributed by atoms with van der Waals surface area (Å²) in [5.41, 5.74) is 3.45. The highest BCUT2D eigenvalue weighted by Crippen LogP contribution is 2.24. The summed E-state index contributed by atoms with van der Waals surface area (Å²) in [6.07, 6.45) is 1.96. The van der Waals surface area contributed by atoms with Crippen molar-refractivity contribution in [3.8, 4) is 11.5 Å². The van der Waals surface area contributed by atoms with E-state index < -0.39 is 0 Å². The number of benzene rings is 2. The van der Waals surface area contributed by atoms with Crippen LogP contribution in [0, 0.1) is 0 Å². The minimum Gasteiger partial charge on any atom is -0.508 e. The molecule has 0 saturated carbocycles. The Morgan fingerprint density at radius 3 is 2.48 bits per heavy atom. The fourth-order valence-electron chi connectivity index (χ4n) is 2.26. The number of hydrogen-bond donors (Lipinski definition) is 2. The molecule has 0 bridgehead atoms. The highest BCUT2D eigenvalue weighted by Gasteiger charge is 2.02. The highest BCUT2D eigenvalue weighted by atomic mass is 16.3. The molecule has 104 valence electrons. The third-order valence-corrected chi connectivity index (χ3v) is 3.41. The van der Waals surface area contributed by atoms with Crippen LogP contribution in [-0.4, -0.2) is 15.2 Å². The summed E-state index contributed by atoms with van der Waals surface area (Å²) in [6.45, 7) is 1.99. The van der Waals surface area contributed by atoms with Crippen molar-refractivity contribution in [3.05, 3.63) is 65.9 Å². The highest BCUT2D eigenvalue weighted by molar-refractivity contribution is 5.87. The van der Waals surface area contributed by atoms with E-state index in [0.717, 1.165) is 22.2 Å². The summed E-state index contributed by atoms with van der Waals surface area (Å²) < 4.78 is 0. The van der Waals surface area contributed by atoms with E-state index in [1.165, 1.54) is 0 Å². The van der Waals surface area contributed by atoms with Crippen LogP contribution in [-0.2, 0) is 0 Å². The van der Waals surface area contributed by atoms with E-state index in [1.54, 1.807) is 24.3 Å². The predicted molar refractivity (Wildman–Crippen MR) is 85.1 cm³/mol. The number of para-hydroxylation sites is 1. The normalized spacial score (nSPS) is 11.8. The Hall–Kier alpha value is -2.81. The molecule has 0 amide bonds. The first kappa shape index (κ1) is 13.2. The lowest BCUT2D eigenvalue weighted by atomic mass is 10.1. The fraction of sp³-hybridized carbons (Fsp3) is 0.0556. The van der Waals surface area contributed by atoms with Crippen molar-refractivity contribution in [3.63, 3.8) is 0 Å². The Bertz CT molecular complexity index is 820. The van der Waals surface area contributed by atoms with Crippen LogP contribution in [0.4, 0.5) is 0 Å². The Balaban J connectivity index is 2.02. The zero-order chi connectivity index (χ0) is 14.8. The molecule has 2 aromatic carbocycles. The molecular formula is C18H15NO2. The molecule has 3 rings (SSSR count). The number of aromatic hydroxyl groups is 2. The SMILES string of the molecule is C/C(=C\c1ccc2cccc(O)c2n1)c1ccc(O)cc1. The second-order valence-corrected chi connectivity index (χ2v) is 4.96. The molecule has 0 aliphatic heterocycles. The molecule has 0 spiro atoms. The van der Waals surface area contributed by atoms with Gasteiger partial charge >= 0.3 is 0 Å². The van der Waals surface area contributed by atoms with Gasteiger partial charge in [0.2, 0.25) is 0 Å². The van der Waals surface area contributed by atoms with E-state index in [2.05, 4.69) is 4.98 Å². The van der Waals surface area contributed by atoms with Gasteiger partial charge < -0.3 is 10.2 Å². The van der Waals surface area contributed by atoms with Crippen molar-refractivity contribution < 1.29 is 10.2 Å². The van der Waals surface area contributed by atoms with E-state index in [4.69, 9.17) is 0 Å². The summed E-state index contributed by atoms with van der Waals surface area (Å²) in [7, 11) is 0. The van der Waals surface area contributed by atoms with Gasteiger partial charge in [-0.15, -0.1) is 0 Å². The monoisotopic (exact) mass is 277 g/mol. The largest absolute Gasteiger partial charge is 0.508 e. The van der Waals surface area contributed by atoms with Gasteiger partial charge in [0, 0.05) is 5.39 Å². The number of hydrogen-bond acceptors (Lipinski definition) is 3. The number of fused-ring (bicyclic) bond motifs is 1. The minimum absolute atomic E-state index is 0.185. The van der Waals surface area contributed by atoms with Crippen molar-refractivity contribution >= 4 is 22.6 Å². The number of phenolic OH excluding ortho intramolecular Hbond substituents is 2. The summed E-state index contributed by atoms with van der Waals surface area (Å²) in [5, 5.41) is 20.1. The van der Waals surface area contributed by atoms with Crippen molar-refractivity contribution in [2.45, 2.75) is 6.92 Å². The number of aromatic nitrogens is 1. The van der Waals surface area contributed by atoms with Crippen molar-refractivity contribution in [2.75, 3.05) is 0 Å². The minimum atomic E-state index is 0.185. The van der Waals surface area contributed by atoms with Gasteiger partial charge in [0.05, 0.1) is 5.69 Å². The average molecular weight is 277 g/mol. The van der Waals surface area contributed by atoms with Crippen LogP contribution in [0.3, 0.4) is 0 Å². The maximum Gasteiger partial charge on any atom is 0.141 e. The summed E-state index contributed by atoms with van der Waals surface area (Å²) >= 11 is 0. The Morgan fingerprint density at radius 2 is 1.71 bits per heavy atom. The van der Waals surface area contributed by atoms with E-state index >= 15 is 0 Å². The van der Waals surface area contributed by atoms with Crippen LogP contribution < -0.4 is 0 Å². The van der Waals surface area contributed by atoms with Crippen LogP contribution in [0.15, 0.2) is 54.6 Å². The molecule has 0 saturated heterocycles. The lowest BCUT2D eigenvalue weighted by Gasteiger charge is -2.04. The van der Waals surface area contributed by atoms with Crippen LogP contribution in [0.5, 0.6) is 11.5 Å². The van der Waals surface area contributed by atoms with Gasteiger partial charge in [0.25, 0.3) is 0 Å². The van der Waals surface area contributed by atoms with Crippen LogP contribution >= 0.6 is 0 Å². The molecule has 1 heterocycles. The Labute approximate surface area is 122 Å². The number of nitrogens with zero attached hydrogens (tertiary/aromatic N) is 1. The maximum absolute atomic E-state index is 9.87. The second-order valence-electron chi connectivity index (χ2n) is 4.96. The quantitative estimate of drug-likeness (QED) is 0.738. The van der Waals surface area contributed by atoms with Crippen molar-refractivity contribution in [2.24, 2.45) is 0 Å². The molecule has 0 aliphatic rings. The van der Waals surface area contributed by atoms with Crippen molar-refractivity contribution in [1.82, 2.24) is 4.98 Å². The molecule has 0 fully saturated rings. The van der Waals surface area contributed by atoms with Crippen LogP contribution in [0.1, 0.15) is 18.2 Å². The molecule has 3 nitrogen and oxygen atoms in total. The third kappa shape index (κ3) is 2.72. The van der Waals surface area contributed by atoms with E-state index in [1.807, 2.05) is 43.3 Å². The molecule has 2 N–H and O–H groups in total. The van der Waals surface area contributed by atoms with Gasteiger partial charge in [-0.3, -0.25) is 0 Å². The summed E-state index contributed by atoms with van der Waals surface area (Å²) in [4.78, 5) is 4.48. The van der Waals surface area contributed by atoms with Crippen molar-refractivity contribution in [1.29, 1.82) is 0 Å². The number of phenols is 2. The Morgan fingerprint density at radius 1 is 0.952 bits per heavy atom. The lowest BCUT2D eigenvalue weighted by Crippen LogP contribution is -1.86. The summed E-state index contributed by atoms with van der Waals surface area (Å²) in [5.74, 6) is 0.435. The van der Waals surface area contributed by atoms with Gasteiger partial charge in [0.15, 0.2) is 0 Å². The van der Waals surface area contributed by atoms with E-state index in [9.17, 15) is 10.2 Å². The van der Waals surface area contributed by atoms with Gasteiger partial charge in [-0.1, -0.05) is 30.3 Å². The molecule has 21 heavy (non-hydrogen) atoms. The maximum atomic E-state index is 9.87. The molecule has 3 aromatic rings. The molecule has 3 heteroatoms. The third-order valence-electron chi connectivity index (χ3n) is 3.41. The molecule has 1 aromatic heterocycles. The zero-order valence-corrected chi connectivity index (χ0v) is 11.6. The molecular weight excluding hydrogens is 262 g/mol. The fourth-order valence-corrected chi connectivity index (χ4v) is 2.26. The number of pyridine rings is 1. The topological polar surface area (TPSA) is 53.4 Å². The summed E-state index contributed by atoms with van der Waals surface area (Å²) in [6, 6.07) is 16.3. The molecule has 0 unspecified atom stereocenters. The van der Waals surface area contributed by atoms with Gasteiger partial charge in [-0.25, -0.2) is 4.98 Å². The van der Waals surface area contributed by atoms with E-state index in [-0.39, 0.29) is 11.5 Å². The number of allylic oxidation sites excluding steroid dienone is 1. The molecule has 0 atom stereocenters. The van der Waals surface area contributed by atoms with Crippen LogP contribution in [0.2, 0.25) is 0 Å². The number of rotatable bonds is 2. The van der Waals surface area contributed by atoms with Crippen LogP contribution in [0.25, 0.3) is 22.6 Å². The van der Waals surface area contributed by atoms with E-state index in [0.29, 0.717) is 5.52 Å². The smallest absolute Gasteiger partial charge is 0.141 e. The zero-order valence-electron chi connectivity index (χ0n) is 11.6. The lowest BCUT2D eigenvalue weighted by molar-refractivity contribution is 0.475. The predicted octanol–water partition coefficient (Wildman–Crippen LogP) is 4.21. The first-order chi connectivity index (χ1) is 10.1. The molecule has 0 aliphatic carbocycles. The second kappa shape index (κ2) is 5.29. The average Bonchev–Trinajstić information content (AvgIpc) is 2.49. The van der Waals surface area contributed by atoms with Gasteiger partial charge in [0.1, 0.15) is 17.0 Å². The molecule has 0 radical (unpaired) electrons. The first-order valence-corrected chi connectivity index (χ1v) is 6.70. The first-order valence-electron chi connectivity index (χ1n) is 6.70. The van der Waals surface area contributed by atoms with Gasteiger partial charge in [-0.2, -0.15) is 0 Å².